The largest absolute Gasteiger partial charge is 0.481 e. The second-order valence-corrected chi connectivity index (χ2v) is 6.04. The van der Waals surface area contributed by atoms with Gasteiger partial charge in [0, 0.05) is 24.5 Å². The lowest BCUT2D eigenvalue weighted by Crippen LogP contribution is -2.29. The molecule has 1 heterocycles. The van der Waals surface area contributed by atoms with E-state index in [9.17, 15) is 14.4 Å². The third kappa shape index (κ3) is 4.39. The number of thiazole rings is 1. The van der Waals surface area contributed by atoms with Crippen LogP contribution in [-0.4, -0.2) is 46.4 Å². The highest BCUT2D eigenvalue weighted by molar-refractivity contribution is 7.14. The summed E-state index contributed by atoms with van der Waals surface area (Å²) in [6.45, 7) is 1.93. The maximum absolute atomic E-state index is 12.2. The fourth-order valence-electron chi connectivity index (χ4n) is 1.98. The van der Waals surface area contributed by atoms with Crippen LogP contribution in [0, 0.1) is 6.92 Å². The quantitative estimate of drug-likeness (QED) is 0.835. The molecule has 2 N–H and O–H groups in total. The normalized spacial score (nSPS) is 10.2. The molecule has 0 bridgehead atoms. The molecule has 0 aliphatic carbocycles. The zero-order chi connectivity index (χ0) is 17.7. The zero-order valence-electron chi connectivity index (χ0n) is 13.3. The van der Waals surface area contributed by atoms with E-state index in [1.54, 1.807) is 12.1 Å². The van der Waals surface area contributed by atoms with Crippen LogP contribution in [0.25, 0.3) is 0 Å². The monoisotopic (exact) mass is 347 g/mol. The predicted octanol–water partition coefficient (Wildman–Crippen LogP) is 2.25. The van der Waals surface area contributed by atoms with Crippen LogP contribution < -0.4 is 5.32 Å². The molecular weight excluding hydrogens is 330 g/mol. The Balaban J connectivity index is 2.02. The maximum atomic E-state index is 12.2. The summed E-state index contributed by atoms with van der Waals surface area (Å²) in [6.07, 6.45) is -0.136. The van der Waals surface area contributed by atoms with Crippen molar-refractivity contribution >= 4 is 34.3 Å². The van der Waals surface area contributed by atoms with Crippen molar-refractivity contribution in [2.24, 2.45) is 0 Å². The molecule has 1 aromatic heterocycles. The number of anilines is 1. The Kier molecular flexibility index (Phi) is 5.64. The zero-order valence-corrected chi connectivity index (χ0v) is 14.1. The van der Waals surface area contributed by atoms with E-state index in [-0.39, 0.29) is 30.5 Å². The van der Waals surface area contributed by atoms with Crippen molar-refractivity contribution in [3.63, 3.8) is 0 Å². The number of aromatic nitrogens is 1. The van der Waals surface area contributed by atoms with E-state index < -0.39 is 5.97 Å². The van der Waals surface area contributed by atoms with Crippen LogP contribution in [0.4, 0.5) is 5.13 Å². The molecule has 0 fully saturated rings. The molecule has 0 saturated carbocycles. The Morgan fingerprint density at radius 3 is 2.67 bits per heavy atom. The van der Waals surface area contributed by atoms with E-state index in [2.05, 4.69) is 10.3 Å². The van der Waals surface area contributed by atoms with Crippen molar-refractivity contribution in [3.05, 3.63) is 46.5 Å². The molecule has 0 unspecified atom stereocenters. The van der Waals surface area contributed by atoms with Crippen LogP contribution in [0.2, 0.25) is 0 Å². The van der Waals surface area contributed by atoms with Crippen molar-refractivity contribution in [1.82, 2.24) is 9.88 Å². The molecule has 0 aliphatic rings. The Hall–Kier alpha value is -2.74. The first-order valence-corrected chi connectivity index (χ1v) is 8.06. The third-order valence-corrected chi connectivity index (χ3v) is 4.10. The van der Waals surface area contributed by atoms with Gasteiger partial charge in [-0.05, 0) is 18.6 Å². The number of carbonyl (C=O) groups excluding carboxylic acids is 2. The van der Waals surface area contributed by atoms with Crippen LogP contribution >= 0.6 is 11.3 Å². The predicted molar refractivity (Wildman–Crippen MR) is 90.5 cm³/mol. The molecule has 2 rings (SSSR count). The van der Waals surface area contributed by atoms with Crippen molar-refractivity contribution in [3.8, 4) is 0 Å². The summed E-state index contributed by atoms with van der Waals surface area (Å²) in [5.41, 5.74) is 1.56. The van der Waals surface area contributed by atoms with Gasteiger partial charge in [0.15, 0.2) is 5.13 Å². The number of carboxylic acid groups (broad SMARTS) is 1. The first kappa shape index (κ1) is 17.6. The van der Waals surface area contributed by atoms with Crippen LogP contribution in [0.1, 0.15) is 32.8 Å². The van der Waals surface area contributed by atoms with E-state index in [4.69, 9.17) is 5.11 Å². The van der Waals surface area contributed by atoms with Gasteiger partial charge in [0.2, 0.25) is 0 Å². The van der Waals surface area contributed by atoms with Crippen molar-refractivity contribution in [2.75, 3.05) is 18.9 Å². The van der Waals surface area contributed by atoms with Gasteiger partial charge in [-0.2, -0.15) is 0 Å². The maximum Gasteiger partial charge on any atom is 0.305 e. The average molecular weight is 347 g/mol. The number of benzene rings is 1. The minimum absolute atomic E-state index is 0.0938. The highest BCUT2D eigenvalue weighted by atomic mass is 32.1. The van der Waals surface area contributed by atoms with Gasteiger partial charge in [0.1, 0.15) is 5.69 Å². The SMILES string of the molecule is Cc1ccccc1C(=O)Nc1nc(C(=O)N(C)CCC(=O)O)cs1. The average Bonchev–Trinajstić information content (AvgIpc) is 3.00. The van der Waals surface area contributed by atoms with E-state index in [0.717, 1.165) is 16.9 Å². The molecule has 1 aromatic carbocycles. The molecule has 0 radical (unpaired) electrons. The minimum atomic E-state index is -0.973. The van der Waals surface area contributed by atoms with Gasteiger partial charge in [-0.15, -0.1) is 11.3 Å². The number of aliphatic carboxylic acids is 1. The molecule has 0 atom stereocenters. The molecule has 8 heteroatoms. The van der Waals surface area contributed by atoms with Crippen LogP contribution in [0.15, 0.2) is 29.6 Å². The van der Waals surface area contributed by atoms with E-state index in [0.29, 0.717) is 10.7 Å². The lowest BCUT2D eigenvalue weighted by Gasteiger charge is -2.14. The summed E-state index contributed by atoms with van der Waals surface area (Å²) in [4.78, 5) is 40.3. The van der Waals surface area contributed by atoms with Crippen molar-refractivity contribution < 1.29 is 19.5 Å². The molecule has 0 aliphatic heterocycles. The molecule has 0 spiro atoms. The van der Waals surface area contributed by atoms with Crippen molar-refractivity contribution in [1.29, 1.82) is 0 Å². The molecule has 2 amide bonds. The van der Waals surface area contributed by atoms with Crippen LogP contribution in [0.5, 0.6) is 0 Å². The second kappa shape index (κ2) is 7.69. The van der Waals surface area contributed by atoms with Gasteiger partial charge in [-0.1, -0.05) is 18.2 Å². The lowest BCUT2D eigenvalue weighted by atomic mass is 10.1. The van der Waals surface area contributed by atoms with Crippen LogP contribution in [0.3, 0.4) is 0 Å². The van der Waals surface area contributed by atoms with Gasteiger partial charge in [0.25, 0.3) is 11.8 Å². The molecular formula is C16H17N3O4S. The Labute approximate surface area is 142 Å². The lowest BCUT2D eigenvalue weighted by molar-refractivity contribution is -0.137. The minimum Gasteiger partial charge on any atom is -0.481 e. The topological polar surface area (TPSA) is 99.6 Å². The number of carbonyl (C=O) groups is 3. The fourth-order valence-corrected chi connectivity index (χ4v) is 2.66. The van der Waals surface area contributed by atoms with E-state index in [1.165, 1.54) is 17.3 Å². The molecule has 7 nitrogen and oxygen atoms in total. The summed E-state index contributed by atoms with van der Waals surface area (Å²) in [7, 11) is 1.51. The second-order valence-electron chi connectivity index (χ2n) is 5.18. The summed E-state index contributed by atoms with van der Waals surface area (Å²) < 4.78 is 0. The number of rotatable bonds is 6. The number of aryl methyl sites for hydroxylation is 1. The third-order valence-electron chi connectivity index (χ3n) is 3.34. The summed E-state index contributed by atoms with van der Waals surface area (Å²) >= 11 is 1.14. The Bertz CT molecular complexity index is 772. The highest BCUT2D eigenvalue weighted by Crippen LogP contribution is 2.18. The number of hydrogen-bond acceptors (Lipinski definition) is 5. The van der Waals surface area contributed by atoms with Gasteiger partial charge in [-0.25, -0.2) is 4.98 Å². The molecule has 24 heavy (non-hydrogen) atoms. The number of hydrogen-bond donors (Lipinski definition) is 2. The van der Waals surface area contributed by atoms with Gasteiger partial charge in [0.05, 0.1) is 6.42 Å². The first-order valence-electron chi connectivity index (χ1n) is 7.18. The standard InChI is InChI=1S/C16H17N3O4S/c1-10-5-3-4-6-11(10)14(22)18-16-17-12(9-24-16)15(23)19(2)8-7-13(20)21/h3-6,9H,7-8H2,1-2H3,(H,20,21)(H,17,18,22). The molecule has 126 valence electrons. The van der Waals surface area contributed by atoms with Crippen LogP contribution in [-0.2, 0) is 4.79 Å². The Morgan fingerprint density at radius 2 is 2.00 bits per heavy atom. The number of nitrogens with one attached hydrogen (secondary N) is 1. The number of nitrogens with zero attached hydrogens (tertiary/aromatic N) is 2. The molecule has 2 aromatic rings. The van der Waals surface area contributed by atoms with E-state index in [1.807, 2.05) is 19.1 Å². The molecule has 0 saturated heterocycles. The highest BCUT2D eigenvalue weighted by Gasteiger charge is 2.17. The summed E-state index contributed by atoms with van der Waals surface area (Å²) in [6, 6.07) is 7.17. The van der Waals surface area contributed by atoms with Crippen molar-refractivity contribution in [2.45, 2.75) is 13.3 Å². The number of carboxylic acids is 1. The van der Waals surface area contributed by atoms with E-state index >= 15 is 0 Å². The van der Waals surface area contributed by atoms with Gasteiger partial charge >= 0.3 is 5.97 Å². The smallest absolute Gasteiger partial charge is 0.305 e. The summed E-state index contributed by atoms with van der Waals surface area (Å²) in [5, 5.41) is 13.2. The number of amides is 2. The first-order chi connectivity index (χ1) is 11.4. The van der Waals surface area contributed by atoms with Gasteiger partial charge in [-0.3, -0.25) is 19.7 Å². The fraction of sp³-hybridized carbons (Fsp3) is 0.250. The summed E-state index contributed by atoms with van der Waals surface area (Å²) in [5.74, 6) is -1.65. The Morgan fingerprint density at radius 1 is 1.29 bits per heavy atom. The van der Waals surface area contributed by atoms with Gasteiger partial charge < -0.3 is 10.0 Å².